The molecule has 0 saturated heterocycles. The number of halogens is 1. The molecule has 27 heavy (non-hydrogen) atoms. The Bertz CT molecular complexity index is 961. The summed E-state index contributed by atoms with van der Waals surface area (Å²) in [7, 11) is -4.02. The van der Waals surface area contributed by atoms with Crippen LogP contribution in [0.4, 0.5) is 5.69 Å². The molecule has 0 aromatic heterocycles. The number of hydrogen-bond acceptors (Lipinski definition) is 5. The van der Waals surface area contributed by atoms with Crippen molar-refractivity contribution in [2.75, 3.05) is 18.1 Å². The van der Waals surface area contributed by atoms with Crippen LogP contribution in [0.15, 0.2) is 66.1 Å². The predicted molar refractivity (Wildman–Crippen MR) is 102 cm³/mol. The highest BCUT2D eigenvalue weighted by Gasteiger charge is 2.20. The molecule has 0 atom stereocenters. The molecule has 0 spiro atoms. The van der Waals surface area contributed by atoms with Gasteiger partial charge in [-0.25, -0.2) is 18.4 Å². The Kier molecular flexibility index (Phi) is 6.73. The number of nitrogens with zero attached hydrogens (tertiary/aromatic N) is 1. The quantitative estimate of drug-likeness (QED) is 0.559. The van der Waals surface area contributed by atoms with Crippen molar-refractivity contribution in [2.45, 2.75) is 4.90 Å². The van der Waals surface area contributed by atoms with Crippen molar-refractivity contribution in [3.63, 3.8) is 0 Å². The van der Waals surface area contributed by atoms with Gasteiger partial charge in [-0.15, -0.1) is 6.58 Å². The number of amides is 1. The molecule has 0 bridgehead atoms. The number of carbonyl (C=O) groups excluding carboxylic acids is 2. The Morgan fingerprint density at radius 1 is 1.19 bits per heavy atom. The lowest BCUT2D eigenvalue weighted by molar-refractivity contribution is -0.121. The summed E-state index contributed by atoms with van der Waals surface area (Å²) in [5, 5.41) is 5.02. The summed E-state index contributed by atoms with van der Waals surface area (Å²) in [6.07, 6.45) is 1.54. The van der Waals surface area contributed by atoms with Crippen molar-refractivity contribution in [3.8, 4) is 0 Å². The summed E-state index contributed by atoms with van der Waals surface area (Å²) in [4.78, 5) is 25.8. The first kappa shape index (κ1) is 20.6. The Balaban J connectivity index is 2.14. The van der Waals surface area contributed by atoms with Crippen molar-refractivity contribution in [3.05, 3.63) is 71.8 Å². The van der Waals surface area contributed by atoms with Crippen LogP contribution in [-0.2, 0) is 19.6 Å². The van der Waals surface area contributed by atoms with E-state index in [1.807, 2.05) is 0 Å². The Labute approximate surface area is 162 Å². The van der Waals surface area contributed by atoms with Gasteiger partial charge in [-0.3, -0.25) is 4.79 Å². The average molecular weight is 409 g/mol. The van der Waals surface area contributed by atoms with Gasteiger partial charge in [0.1, 0.15) is 0 Å². The van der Waals surface area contributed by atoms with E-state index in [0.29, 0.717) is 5.69 Å². The number of sulfonamides is 1. The molecule has 0 heterocycles. The van der Waals surface area contributed by atoms with Crippen LogP contribution in [0.1, 0.15) is 10.4 Å². The highest BCUT2D eigenvalue weighted by Crippen LogP contribution is 2.21. The van der Waals surface area contributed by atoms with Crippen LogP contribution in [0.3, 0.4) is 0 Å². The van der Waals surface area contributed by atoms with E-state index in [9.17, 15) is 18.0 Å². The molecule has 0 aliphatic rings. The average Bonchev–Trinajstić information content (AvgIpc) is 2.64. The van der Waals surface area contributed by atoms with Crippen LogP contribution in [0.2, 0.25) is 5.02 Å². The summed E-state index contributed by atoms with van der Waals surface area (Å²) >= 11 is 5.92. The number of para-hydroxylation sites is 1. The minimum atomic E-state index is -4.02. The summed E-state index contributed by atoms with van der Waals surface area (Å²) < 4.78 is 27.8. The normalized spacial score (nSPS) is 10.9. The molecule has 7 nitrogen and oxygen atoms in total. The van der Waals surface area contributed by atoms with Gasteiger partial charge in [0.05, 0.1) is 15.5 Å². The van der Waals surface area contributed by atoms with Crippen LogP contribution in [-0.4, -0.2) is 33.4 Å². The number of hydrogen-bond donors (Lipinski definition) is 1. The molecular weight excluding hydrogens is 392 g/mol. The monoisotopic (exact) mass is 408 g/mol. The smallest absolute Gasteiger partial charge is 0.340 e. The molecule has 0 saturated carbocycles. The second-order valence-electron chi connectivity index (χ2n) is 5.39. The molecule has 9 heteroatoms. The SMILES string of the molecule is C=CCN(C(=O)COC(=O)c1cc(S(N)(=O)=O)ccc1Cl)c1ccccc1. The number of carbonyl (C=O) groups is 2. The minimum absolute atomic E-state index is 0.0224. The van der Waals surface area contributed by atoms with Gasteiger partial charge in [-0.2, -0.15) is 0 Å². The van der Waals surface area contributed by atoms with E-state index in [1.165, 1.54) is 17.0 Å². The zero-order valence-corrected chi connectivity index (χ0v) is 15.7. The lowest BCUT2D eigenvalue weighted by Crippen LogP contribution is -2.34. The predicted octanol–water partition coefficient (Wildman–Crippen LogP) is 2.36. The van der Waals surface area contributed by atoms with E-state index in [0.717, 1.165) is 6.07 Å². The highest BCUT2D eigenvalue weighted by atomic mass is 35.5. The molecule has 2 rings (SSSR count). The molecule has 0 aliphatic heterocycles. The first-order valence-corrected chi connectivity index (χ1v) is 9.62. The highest BCUT2D eigenvalue weighted by molar-refractivity contribution is 7.89. The molecule has 142 valence electrons. The van der Waals surface area contributed by atoms with E-state index < -0.39 is 28.5 Å². The fourth-order valence-corrected chi connectivity index (χ4v) is 2.94. The topological polar surface area (TPSA) is 107 Å². The molecule has 0 unspecified atom stereocenters. The number of esters is 1. The molecule has 1 amide bonds. The van der Waals surface area contributed by atoms with Crippen molar-refractivity contribution < 1.29 is 22.7 Å². The van der Waals surface area contributed by atoms with Crippen molar-refractivity contribution in [1.82, 2.24) is 0 Å². The van der Waals surface area contributed by atoms with Gasteiger partial charge in [-0.1, -0.05) is 35.9 Å². The fraction of sp³-hybridized carbons (Fsp3) is 0.111. The Hall–Kier alpha value is -2.68. The second kappa shape index (κ2) is 8.81. The maximum Gasteiger partial charge on any atom is 0.340 e. The summed E-state index contributed by atoms with van der Waals surface area (Å²) in [5.41, 5.74) is 0.415. The van der Waals surface area contributed by atoms with Gasteiger partial charge in [0.25, 0.3) is 5.91 Å². The third-order valence-electron chi connectivity index (χ3n) is 3.49. The number of anilines is 1. The maximum atomic E-state index is 12.4. The maximum absolute atomic E-state index is 12.4. The largest absolute Gasteiger partial charge is 0.452 e. The van der Waals surface area contributed by atoms with E-state index >= 15 is 0 Å². The number of ether oxygens (including phenoxy) is 1. The van der Waals surface area contributed by atoms with E-state index in [4.69, 9.17) is 21.5 Å². The van der Waals surface area contributed by atoms with Gasteiger partial charge < -0.3 is 9.64 Å². The van der Waals surface area contributed by atoms with Crippen molar-refractivity contribution >= 4 is 39.2 Å². The molecule has 0 aliphatic carbocycles. The number of benzene rings is 2. The van der Waals surface area contributed by atoms with Crippen LogP contribution < -0.4 is 10.0 Å². The third-order valence-corrected chi connectivity index (χ3v) is 4.73. The third kappa shape index (κ3) is 5.40. The summed E-state index contributed by atoms with van der Waals surface area (Å²) in [6.45, 7) is 3.27. The first-order chi connectivity index (χ1) is 12.7. The van der Waals surface area contributed by atoms with E-state index in [2.05, 4.69) is 6.58 Å². The summed E-state index contributed by atoms with van der Waals surface area (Å²) in [5.74, 6) is -1.42. The van der Waals surface area contributed by atoms with Crippen molar-refractivity contribution in [2.24, 2.45) is 5.14 Å². The number of rotatable bonds is 7. The molecule has 0 radical (unpaired) electrons. The van der Waals surface area contributed by atoms with E-state index in [-0.39, 0.29) is 22.0 Å². The van der Waals surface area contributed by atoms with Crippen molar-refractivity contribution in [1.29, 1.82) is 0 Å². The van der Waals surface area contributed by atoms with Gasteiger partial charge in [-0.05, 0) is 30.3 Å². The number of nitrogens with two attached hydrogens (primary N) is 1. The number of primary sulfonamides is 1. The van der Waals surface area contributed by atoms with Crippen LogP contribution >= 0.6 is 11.6 Å². The first-order valence-electron chi connectivity index (χ1n) is 7.70. The van der Waals surface area contributed by atoms with Crippen LogP contribution in [0, 0.1) is 0 Å². The van der Waals surface area contributed by atoms with E-state index in [1.54, 1.807) is 36.4 Å². The zero-order valence-electron chi connectivity index (χ0n) is 14.2. The lowest BCUT2D eigenvalue weighted by Gasteiger charge is -2.21. The zero-order chi connectivity index (χ0) is 20.0. The van der Waals surface area contributed by atoms with Gasteiger partial charge in [0.15, 0.2) is 6.61 Å². The molecule has 0 fully saturated rings. The lowest BCUT2D eigenvalue weighted by atomic mass is 10.2. The van der Waals surface area contributed by atoms with Crippen LogP contribution in [0.25, 0.3) is 0 Å². The van der Waals surface area contributed by atoms with Crippen LogP contribution in [0.5, 0.6) is 0 Å². The fourth-order valence-electron chi connectivity index (χ4n) is 2.21. The second-order valence-corrected chi connectivity index (χ2v) is 7.36. The van der Waals surface area contributed by atoms with Gasteiger partial charge in [0.2, 0.25) is 10.0 Å². The molecule has 2 N–H and O–H groups in total. The standard InChI is InChI=1S/C18H17ClN2O5S/c1-2-10-21(13-6-4-3-5-7-13)17(22)12-26-18(23)15-11-14(27(20,24)25)8-9-16(15)19/h2-9,11H,1,10,12H2,(H2,20,24,25). The molecule has 2 aromatic carbocycles. The van der Waals surface area contributed by atoms with Gasteiger partial charge in [0, 0.05) is 12.2 Å². The van der Waals surface area contributed by atoms with Gasteiger partial charge >= 0.3 is 5.97 Å². The molecule has 2 aromatic rings. The molecular formula is C18H17ClN2O5S. The Morgan fingerprint density at radius 3 is 2.44 bits per heavy atom. The Morgan fingerprint density at radius 2 is 1.85 bits per heavy atom. The minimum Gasteiger partial charge on any atom is -0.452 e. The summed E-state index contributed by atoms with van der Waals surface area (Å²) in [6, 6.07) is 12.2.